The molecule has 0 aliphatic rings. The molecule has 1 aromatic carbocycles. The first-order valence-corrected chi connectivity index (χ1v) is 4.30. The maximum absolute atomic E-state index is 11.2. The van der Waals surface area contributed by atoms with Gasteiger partial charge in [-0.25, -0.2) is 9.59 Å². The molecular weight excluding hydrogens is 198 g/mol. The minimum atomic E-state index is -1.17. The number of benzene rings is 1. The van der Waals surface area contributed by atoms with Crippen molar-refractivity contribution in [3.63, 3.8) is 0 Å². The van der Waals surface area contributed by atoms with E-state index in [1.165, 1.54) is 0 Å². The average Bonchev–Trinajstić information content (AvgIpc) is 2.26. The van der Waals surface area contributed by atoms with Gasteiger partial charge in [-0.1, -0.05) is 0 Å². The third-order valence-corrected chi connectivity index (χ3v) is 1.74. The lowest BCUT2D eigenvalue weighted by atomic mass is 10.2. The Morgan fingerprint density at radius 1 is 1.33 bits per heavy atom. The molecule has 2 N–H and O–H groups in total. The molecule has 0 heterocycles. The van der Waals surface area contributed by atoms with Gasteiger partial charge in [0.1, 0.15) is 0 Å². The van der Waals surface area contributed by atoms with Gasteiger partial charge in [0.05, 0.1) is 5.56 Å². The molecule has 0 fully saturated rings. The summed E-state index contributed by atoms with van der Waals surface area (Å²) in [7, 11) is 1.76. The largest absolute Gasteiger partial charge is 0.479 e. The second-order valence-corrected chi connectivity index (χ2v) is 2.80. The van der Waals surface area contributed by atoms with Gasteiger partial charge in [-0.15, -0.1) is 0 Å². The Morgan fingerprint density at radius 2 is 1.93 bits per heavy atom. The van der Waals surface area contributed by atoms with Crippen molar-refractivity contribution >= 4 is 17.6 Å². The molecule has 5 nitrogen and oxygen atoms in total. The number of esters is 1. The van der Waals surface area contributed by atoms with Gasteiger partial charge in [0.25, 0.3) is 0 Å². The Hall–Kier alpha value is -2.04. The molecule has 1 rings (SSSR count). The third kappa shape index (κ3) is 3.30. The smallest absolute Gasteiger partial charge is 0.341 e. The van der Waals surface area contributed by atoms with Crippen LogP contribution in [0.3, 0.4) is 0 Å². The van der Waals surface area contributed by atoms with E-state index in [0.29, 0.717) is 5.56 Å². The first kappa shape index (κ1) is 11.0. The van der Waals surface area contributed by atoms with Crippen molar-refractivity contribution in [1.82, 2.24) is 0 Å². The Labute approximate surface area is 86.7 Å². The molecule has 0 amide bonds. The van der Waals surface area contributed by atoms with Gasteiger partial charge in [0.2, 0.25) is 0 Å². The van der Waals surface area contributed by atoms with E-state index < -0.39 is 18.5 Å². The van der Waals surface area contributed by atoms with Crippen LogP contribution in [0.4, 0.5) is 5.69 Å². The normalized spacial score (nSPS) is 9.40. The number of hydrogen-bond donors (Lipinski definition) is 2. The molecule has 0 aliphatic carbocycles. The predicted molar refractivity (Wildman–Crippen MR) is 53.9 cm³/mol. The van der Waals surface area contributed by atoms with E-state index in [0.717, 1.165) is 5.69 Å². The number of aliphatic carboxylic acids is 1. The maximum atomic E-state index is 11.2. The molecule has 0 saturated heterocycles. The van der Waals surface area contributed by atoms with Crippen molar-refractivity contribution in [1.29, 1.82) is 0 Å². The van der Waals surface area contributed by atoms with Crippen LogP contribution in [-0.4, -0.2) is 30.7 Å². The molecule has 1 aromatic rings. The molecule has 0 radical (unpaired) electrons. The summed E-state index contributed by atoms with van der Waals surface area (Å²) in [6, 6.07) is 6.54. The van der Waals surface area contributed by atoms with Crippen molar-refractivity contribution in [2.24, 2.45) is 0 Å². The summed E-state index contributed by atoms with van der Waals surface area (Å²) in [5.74, 6) is -1.81. The van der Waals surface area contributed by atoms with Crippen LogP contribution in [0.1, 0.15) is 10.4 Å². The van der Waals surface area contributed by atoms with Crippen molar-refractivity contribution in [3.8, 4) is 0 Å². The Bertz CT molecular complexity index is 358. The third-order valence-electron chi connectivity index (χ3n) is 1.74. The van der Waals surface area contributed by atoms with Gasteiger partial charge in [-0.2, -0.15) is 0 Å². The second kappa shape index (κ2) is 4.99. The average molecular weight is 209 g/mol. The monoisotopic (exact) mass is 209 g/mol. The van der Waals surface area contributed by atoms with Gasteiger partial charge < -0.3 is 15.2 Å². The summed E-state index contributed by atoms with van der Waals surface area (Å²) in [6.45, 7) is -0.618. The van der Waals surface area contributed by atoms with Crippen LogP contribution in [0, 0.1) is 0 Å². The second-order valence-electron chi connectivity index (χ2n) is 2.80. The number of carboxylic acid groups (broad SMARTS) is 1. The van der Waals surface area contributed by atoms with E-state index in [4.69, 9.17) is 5.11 Å². The number of carbonyl (C=O) groups is 2. The number of ether oxygens (including phenoxy) is 1. The molecule has 80 valence electrons. The molecule has 15 heavy (non-hydrogen) atoms. The number of rotatable bonds is 4. The van der Waals surface area contributed by atoms with Crippen LogP contribution in [-0.2, 0) is 9.53 Å². The lowest BCUT2D eigenvalue weighted by Gasteiger charge is -2.03. The fraction of sp³-hybridized carbons (Fsp3) is 0.200. The lowest BCUT2D eigenvalue weighted by Crippen LogP contribution is -2.13. The van der Waals surface area contributed by atoms with Gasteiger partial charge in [0, 0.05) is 12.7 Å². The highest BCUT2D eigenvalue weighted by Crippen LogP contribution is 2.09. The quantitative estimate of drug-likeness (QED) is 0.722. The van der Waals surface area contributed by atoms with E-state index in [2.05, 4.69) is 10.1 Å². The number of carboxylic acids is 1. The molecule has 0 saturated carbocycles. The first-order chi connectivity index (χ1) is 7.13. The zero-order chi connectivity index (χ0) is 11.3. The van der Waals surface area contributed by atoms with Gasteiger partial charge >= 0.3 is 11.9 Å². The Kier molecular flexibility index (Phi) is 3.68. The highest BCUT2D eigenvalue weighted by atomic mass is 16.5. The number of anilines is 1. The van der Waals surface area contributed by atoms with Crippen LogP contribution >= 0.6 is 0 Å². The number of carbonyl (C=O) groups excluding carboxylic acids is 1. The zero-order valence-electron chi connectivity index (χ0n) is 8.19. The first-order valence-electron chi connectivity index (χ1n) is 4.30. The molecular formula is C10H11NO4. The van der Waals surface area contributed by atoms with Crippen LogP contribution < -0.4 is 5.32 Å². The van der Waals surface area contributed by atoms with E-state index in [9.17, 15) is 9.59 Å². The zero-order valence-corrected chi connectivity index (χ0v) is 8.19. The highest BCUT2D eigenvalue weighted by molar-refractivity contribution is 5.90. The molecule has 0 unspecified atom stereocenters. The molecule has 5 heteroatoms. The number of nitrogens with one attached hydrogen (secondary N) is 1. The summed E-state index contributed by atoms with van der Waals surface area (Å²) < 4.78 is 4.50. The molecule has 0 aliphatic heterocycles. The van der Waals surface area contributed by atoms with Gasteiger partial charge in [0.15, 0.2) is 6.61 Å². The minimum absolute atomic E-state index is 0.329. The molecule has 0 bridgehead atoms. The summed E-state index contributed by atoms with van der Waals surface area (Å²) in [5.41, 5.74) is 1.19. The fourth-order valence-electron chi connectivity index (χ4n) is 0.984. The van der Waals surface area contributed by atoms with Crippen molar-refractivity contribution in [2.45, 2.75) is 0 Å². The van der Waals surface area contributed by atoms with Gasteiger partial charge in [-0.05, 0) is 24.3 Å². The summed E-state index contributed by atoms with van der Waals surface area (Å²) >= 11 is 0. The van der Waals surface area contributed by atoms with E-state index >= 15 is 0 Å². The predicted octanol–water partition coefficient (Wildman–Crippen LogP) is 0.970. The summed E-state index contributed by atoms with van der Waals surface area (Å²) in [4.78, 5) is 21.4. The van der Waals surface area contributed by atoms with Crippen LogP contribution in [0.2, 0.25) is 0 Å². The standard InChI is InChI=1S/C10H11NO4/c1-11-8-4-2-7(3-5-8)10(14)15-6-9(12)13/h2-5,11H,6H2,1H3,(H,12,13). The van der Waals surface area contributed by atoms with Crippen molar-refractivity contribution < 1.29 is 19.4 Å². The Balaban J connectivity index is 2.62. The lowest BCUT2D eigenvalue weighted by molar-refractivity contribution is -0.140. The summed E-state index contributed by atoms with van der Waals surface area (Å²) in [5, 5.41) is 11.2. The number of hydrogen-bond acceptors (Lipinski definition) is 4. The summed E-state index contributed by atoms with van der Waals surface area (Å²) in [6.07, 6.45) is 0. The fourth-order valence-corrected chi connectivity index (χ4v) is 0.984. The molecule has 0 atom stereocenters. The van der Waals surface area contributed by atoms with Crippen LogP contribution in [0.25, 0.3) is 0 Å². The minimum Gasteiger partial charge on any atom is -0.479 e. The molecule has 0 spiro atoms. The maximum Gasteiger partial charge on any atom is 0.341 e. The SMILES string of the molecule is CNc1ccc(C(=O)OCC(=O)O)cc1. The van der Waals surface area contributed by atoms with Crippen molar-refractivity contribution in [3.05, 3.63) is 29.8 Å². The van der Waals surface area contributed by atoms with Crippen LogP contribution in [0.5, 0.6) is 0 Å². The van der Waals surface area contributed by atoms with E-state index in [1.54, 1.807) is 31.3 Å². The van der Waals surface area contributed by atoms with Gasteiger partial charge in [-0.3, -0.25) is 0 Å². The molecule has 0 aromatic heterocycles. The van der Waals surface area contributed by atoms with Crippen molar-refractivity contribution in [2.75, 3.05) is 19.0 Å². The Morgan fingerprint density at radius 3 is 2.40 bits per heavy atom. The van der Waals surface area contributed by atoms with E-state index in [1.807, 2.05) is 0 Å². The highest BCUT2D eigenvalue weighted by Gasteiger charge is 2.08. The topological polar surface area (TPSA) is 75.6 Å². The van der Waals surface area contributed by atoms with Crippen LogP contribution in [0.15, 0.2) is 24.3 Å². The van der Waals surface area contributed by atoms with E-state index in [-0.39, 0.29) is 0 Å².